The summed E-state index contributed by atoms with van der Waals surface area (Å²) in [5.74, 6) is -0.297. The highest BCUT2D eigenvalue weighted by molar-refractivity contribution is 7.85. The first-order valence-electron chi connectivity index (χ1n) is 12.3. The largest absolute Gasteiger partial charge is 0.444 e. The average molecular weight is 532 g/mol. The predicted octanol–water partition coefficient (Wildman–Crippen LogP) is 2.88. The maximum absolute atomic E-state index is 12.5. The van der Waals surface area contributed by atoms with E-state index >= 15 is 0 Å². The Balaban J connectivity index is 1.70. The van der Waals surface area contributed by atoms with E-state index in [2.05, 4.69) is 39.8 Å². The van der Waals surface area contributed by atoms with Crippen LogP contribution in [0.5, 0.6) is 0 Å². The van der Waals surface area contributed by atoms with Crippen molar-refractivity contribution in [1.29, 1.82) is 0 Å². The standard InChI is InChI=1S/C27H37N3O6S/c1-27(2,3)36-26(32)28-16-25(31)29-22-15-23(19-35-37(4,33)34)30(17-22)18-24(20-11-7-5-8-12-20)21-13-9-6-10-14-21/h5-14,22-24H,15-19H2,1-4H3,(H,28,32)(H,29,31)/t22-,23-/m0/s1. The Hall–Kier alpha value is -2.95. The zero-order chi connectivity index (χ0) is 27.1. The third-order valence-electron chi connectivity index (χ3n) is 5.98. The van der Waals surface area contributed by atoms with E-state index in [0.717, 1.165) is 17.4 Å². The maximum Gasteiger partial charge on any atom is 0.408 e. The summed E-state index contributed by atoms with van der Waals surface area (Å²) in [6.45, 7) is 6.16. The second-order valence-corrected chi connectivity index (χ2v) is 12.0. The molecule has 9 nitrogen and oxygen atoms in total. The minimum Gasteiger partial charge on any atom is -0.444 e. The minimum atomic E-state index is -3.62. The number of carbonyl (C=O) groups is 2. The van der Waals surface area contributed by atoms with Crippen LogP contribution in [0.2, 0.25) is 0 Å². The molecule has 2 N–H and O–H groups in total. The normalized spacial score (nSPS) is 18.5. The fraction of sp³-hybridized carbons (Fsp3) is 0.481. The number of hydrogen-bond acceptors (Lipinski definition) is 7. The van der Waals surface area contributed by atoms with Gasteiger partial charge in [0.1, 0.15) is 12.1 Å². The van der Waals surface area contributed by atoms with Gasteiger partial charge in [-0.1, -0.05) is 60.7 Å². The van der Waals surface area contributed by atoms with Crippen LogP contribution in [-0.2, 0) is 23.8 Å². The van der Waals surface area contributed by atoms with Gasteiger partial charge in [0.25, 0.3) is 10.1 Å². The van der Waals surface area contributed by atoms with Gasteiger partial charge in [0.2, 0.25) is 5.91 Å². The van der Waals surface area contributed by atoms with E-state index < -0.39 is 21.8 Å². The number of hydrogen-bond donors (Lipinski definition) is 2. The lowest BCUT2D eigenvalue weighted by atomic mass is 9.90. The van der Waals surface area contributed by atoms with Gasteiger partial charge >= 0.3 is 6.09 Å². The fourth-order valence-corrected chi connectivity index (χ4v) is 4.85. The topological polar surface area (TPSA) is 114 Å². The summed E-state index contributed by atoms with van der Waals surface area (Å²) in [5.41, 5.74) is 1.63. The number of amides is 2. The summed E-state index contributed by atoms with van der Waals surface area (Å²) in [6.07, 6.45) is 0.887. The van der Waals surface area contributed by atoms with Crippen LogP contribution in [0, 0.1) is 0 Å². The number of ether oxygens (including phenoxy) is 1. The zero-order valence-electron chi connectivity index (χ0n) is 21.8. The van der Waals surface area contributed by atoms with Crippen molar-refractivity contribution in [3.05, 3.63) is 71.8 Å². The Morgan fingerprint density at radius 3 is 2.11 bits per heavy atom. The van der Waals surface area contributed by atoms with Gasteiger partial charge in [0.15, 0.2) is 0 Å². The molecule has 1 heterocycles. The molecule has 1 aliphatic heterocycles. The summed E-state index contributed by atoms with van der Waals surface area (Å²) < 4.78 is 33.7. The van der Waals surface area contributed by atoms with Gasteiger partial charge in [0, 0.05) is 31.1 Å². The number of benzene rings is 2. The number of likely N-dealkylation sites (tertiary alicyclic amines) is 1. The second-order valence-electron chi connectivity index (χ2n) is 10.3. The van der Waals surface area contributed by atoms with Crippen LogP contribution in [0.15, 0.2) is 60.7 Å². The Morgan fingerprint density at radius 1 is 1.03 bits per heavy atom. The molecular formula is C27H37N3O6S. The molecule has 2 aromatic carbocycles. The Bertz CT molecular complexity index is 1100. The van der Waals surface area contributed by atoms with Crippen LogP contribution in [0.25, 0.3) is 0 Å². The van der Waals surface area contributed by atoms with Crippen LogP contribution < -0.4 is 10.6 Å². The number of rotatable bonds is 10. The first-order chi connectivity index (χ1) is 17.4. The number of carbonyl (C=O) groups excluding carboxylic acids is 2. The molecule has 1 saturated heterocycles. The second kappa shape index (κ2) is 12.5. The number of nitrogens with one attached hydrogen (secondary N) is 2. The van der Waals surface area contributed by atoms with Crippen LogP contribution >= 0.6 is 0 Å². The molecule has 202 valence electrons. The van der Waals surface area contributed by atoms with E-state index in [1.54, 1.807) is 20.8 Å². The lowest BCUT2D eigenvalue weighted by Crippen LogP contribution is -2.44. The molecule has 1 fully saturated rings. The Morgan fingerprint density at radius 2 is 1.59 bits per heavy atom. The molecule has 0 aliphatic carbocycles. The maximum atomic E-state index is 12.5. The van der Waals surface area contributed by atoms with Gasteiger partial charge in [-0.3, -0.25) is 13.9 Å². The Labute approximate surface area is 219 Å². The van der Waals surface area contributed by atoms with Crippen molar-refractivity contribution < 1.29 is 26.9 Å². The van der Waals surface area contributed by atoms with Gasteiger partial charge in [-0.15, -0.1) is 0 Å². The molecule has 2 aromatic rings. The molecule has 2 amide bonds. The van der Waals surface area contributed by atoms with Gasteiger partial charge in [-0.25, -0.2) is 4.79 Å². The summed E-state index contributed by atoms with van der Waals surface area (Å²) in [4.78, 5) is 26.6. The highest BCUT2D eigenvalue weighted by Crippen LogP contribution is 2.29. The fourth-order valence-electron chi connectivity index (χ4n) is 4.44. The van der Waals surface area contributed by atoms with Gasteiger partial charge in [-0.2, -0.15) is 8.42 Å². The molecule has 0 bridgehead atoms. The molecule has 2 atom stereocenters. The predicted molar refractivity (Wildman–Crippen MR) is 142 cm³/mol. The molecule has 0 aromatic heterocycles. The lowest BCUT2D eigenvalue weighted by molar-refractivity contribution is -0.120. The van der Waals surface area contributed by atoms with Gasteiger partial charge in [-0.05, 0) is 38.3 Å². The Kier molecular flexibility index (Phi) is 9.69. The van der Waals surface area contributed by atoms with Crippen LogP contribution in [0.1, 0.15) is 44.2 Å². The van der Waals surface area contributed by atoms with Gasteiger partial charge in [0.05, 0.1) is 12.9 Å². The van der Waals surface area contributed by atoms with Crippen molar-refractivity contribution in [3.8, 4) is 0 Å². The highest BCUT2D eigenvalue weighted by atomic mass is 32.2. The van der Waals surface area contributed by atoms with E-state index in [-0.39, 0.29) is 37.1 Å². The molecule has 0 spiro atoms. The molecule has 0 radical (unpaired) electrons. The van der Waals surface area contributed by atoms with E-state index in [4.69, 9.17) is 8.92 Å². The first-order valence-corrected chi connectivity index (χ1v) is 14.2. The molecule has 37 heavy (non-hydrogen) atoms. The van der Waals surface area contributed by atoms with Crippen molar-refractivity contribution in [2.24, 2.45) is 0 Å². The van der Waals surface area contributed by atoms with Crippen molar-refractivity contribution in [3.63, 3.8) is 0 Å². The summed E-state index contributed by atoms with van der Waals surface area (Å²) in [6, 6.07) is 19.8. The van der Waals surface area contributed by atoms with Crippen molar-refractivity contribution in [2.75, 3.05) is 32.5 Å². The highest BCUT2D eigenvalue weighted by Gasteiger charge is 2.35. The van der Waals surface area contributed by atoms with E-state index in [9.17, 15) is 18.0 Å². The van der Waals surface area contributed by atoms with E-state index in [1.165, 1.54) is 0 Å². The summed E-state index contributed by atoms with van der Waals surface area (Å²) in [5, 5.41) is 5.42. The van der Waals surface area contributed by atoms with Crippen LogP contribution in [-0.4, -0.2) is 75.5 Å². The molecule has 0 unspecified atom stereocenters. The first kappa shape index (κ1) is 28.6. The monoisotopic (exact) mass is 531 g/mol. The number of nitrogens with zero attached hydrogens (tertiary/aromatic N) is 1. The quantitative estimate of drug-likeness (QED) is 0.453. The lowest BCUT2D eigenvalue weighted by Gasteiger charge is -2.29. The third-order valence-corrected chi connectivity index (χ3v) is 6.54. The minimum absolute atomic E-state index is 0.00232. The average Bonchev–Trinajstić information content (AvgIpc) is 3.20. The summed E-state index contributed by atoms with van der Waals surface area (Å²) >= 11 is 0. The molecule has 0 saturated carbocycles. The van der Waals surface area contributed by atoms with Crippen molar-refractivity contribution in [1.82, 2.24) is 15.5 Å². The van der Waals surface area contributed by atoms with Crippen molar-refractivity contribution >= 4 is 22.1 Å². The van der Waals surface area contributed by atoms with Crippen molar-refractivity contribution in [2.45, 2.75) is 50.8 Å². The van der Waals surface area contributed by atoms with Crippen LogP contribution in [0.4, 0.5) is 4.79 Å². The van der Waals surface area contributed by atoms with E-state index in [0.29, 0.717) is 19.5 Å². The summed E-state index contributed by atoms with van der Waals surface area (Å²) in [7, 11) is -3.62. The smallest absolute Gasteiger partial charge is 0.408 e. The third kappa shape index (κ3) is 9.79. The molecule has 3 rings (SSSR count). The van der Waals surface area contributed by atoms with Crippen LogP contribution in [0.3, 0.4) is 0 Å². The molecule has 10 heteroatoms. The zero-order valence-corrected chi connectivity index (χ0v) is 22.7. The number of alkyl carbamates (subject to hydrolysis) is 1. The van der Waals surface area contributed by atoms with E-state index in [1.807, 2.05) is 36.4 Å². The SMILES string of the molecule is CC(C)(C)OC(=O)NCC(=O)N[C@H]1C[C@@H](COS(C)(=O)=O)N(CC(c2ccccc2)c2ccccc2)C1. The molecule has 1 aliphatic rings. The molecular weight excluding hydrogens is 494 g/mol. The van der Waals surface area contributed by atoms with Gasteiger partial charge < -0.3 is 15.4 Å².